The Bertz CT molecular complexity index is 1340. The summed E-state index contributed by atoms with van der Waals surface area (Å²) in [6.45, 7) is 2.39. The molecule has 0 aromatic heterocycles. The first-order chi connectivity index (χ1) is 18.9. The molecule has 218 valence electrons. The molecule has 12 nitrogen and oxygen atoms in total. The number of guanidine groups is 1. The second-order valence-electron chi connectivity index (χ2n) is 10.0. The molecule has 1 heterocycles. The van der Waals surface area contributed by atoms with Gasteiger partial charge in [-0.3, -0.25) is 19.8 Å². The first-order valence-corrected chi connectivity index (χ1v) is 14.8. The van der Waals surface area contributed by atoms with Gasteiger partial charge in [-0.1, -0.05) is 43.7 Å². The molecule has 0 aliphatic carbocycles. The summed E-state index contributed by atoms with van der Waals surface area (Å²) >= 11 is 0. The molecule has 0 spiro atoms. The standard InChI is InChI=1S/C27H38N6O6S/c1-3-4-13-33(18-25(35)36)26(37)23(17-24(34)31(2)21-11-14-32(15-12-21)27(28)29)30-40(38,39)22-10-9-19-7-5-6-8-20(19)16-22/h5-10,16,21,23,30H,3-4,11-15,17-18H2,1-2H3,(H3,28,29)(H,35,36)/t23-/m0/s1. The number of unbranched alkanes of at least 4 members (excludes halogenated alkanes) is 1. The first kappa shape index (κ1) is 30.8. The smallest absolute Gasteiger partial charge is 0.323 e. The predicted octanol–water partition coefficient (Wildman–Crippen LogP) is 1.41. The Morgan fingerprint density at radius 2 is 1.80 bits per heavy atom. The lowest BCUT2D eigenvalue weighted by Gasteiger charge is -2.37. The normalized spacial score (nSPS) is 15.0. The fourth-order valence-electron chi connectivity index (χ4n) is 4.79. The maximum atomic E-state index is 13.6. The van der Waals surface area contributed by atoms with E-state index in [0.717, 1.165) is 10.3 Å². The quantitative estimate of drug-likeness (QED) is 0.217. The zero-order chi connectivity index (χ0) is 29.4. The van der Waals surface area contributed by atoms with Gasteiger partial charge in [-0.2, -0.15) is 4.72 Å². The number of hydrogen-bond donors (Lipinski definition) is 4. The molecule has 5 N–H and O–H groups in total. The molecule has 0 unspecified atom stereocenters. The zero-order valence-corrected chi connectivity index (χ0v) is 23.7. The molecule has 3 rings (SSSR count). The summed E-state index contributed by atoms with van der Waals surface area (Å²) in [5.74, 6) is -2.49. The first-order valence-electron chi connectivity index (χ1n) is 13.3. The highest BCUT2D eigenvalue weighted by atomic mass is 32.2. The summed E-state index contributed by atoms with van der Waals surface area (Å²) < 4.78 is 29.3. The molecule has 1 saturated heterocycles. The minimum atomic E-state index is -4.25. The SMILES string of the molecule is CCCCN(CC(=O)O)C(=O)[C@H](CC(=O)N(C)C1CCN(C(=N)N)CC1)NS(=O)(=O)c1ccc2ccccc2c1. The third-order valence-corrected chi connectivity index (χ3v) is 8.64. The fraction of sp³-hybridized carbons (Fsp3) is 0.481. The number of amides is 2. The van der Waals surface area contributed by atoms with E-state index in [-0.39, 0.29) is 23.4 Å². The Kier molecular flexibility index (Phi) is 10.5. The average molecular weight is 575 g/mol. The van der Waals surface area contributed by atoms with Crippen molar-refractivity contribution in [2.45, 2.75) is 56.0 Å². The van der Waals surface area contributed by atoms with Crippen LogP contribution in [0.2, 0.25) is 0 Å². The van der Waals surface area contributed by atoms with Gasteiger partial charge < -0.3 is 25.5 Å². The molecule has 1 atom stereocenters. The van der Waals surface area contributed by atoms with Crippen molar-refractivity contribution in [2.24, 2.45) is 5.73 Å². The van der Waals surface area contributed by atoms with Crippen LogP contribution in [0.15, 0.2) is 47.4 Å². The lowest BCUT2D eigenvalue weighted by atomic mass is 10.0. The van der Waals surface area contributed by atoms with Gasteiger partial charge >= 0.3 is 5.97 Å². The van der Waals surface area contributed by atoms with Crippen molar-refractivity contribution in [1.82, 2.24) is 19.4 Å². The van der Waals surface area contributed by atoms with Gasteiger partial charge in [0, 0.05) is 32.7 Å². The van der Waals surface area contributed by atoms with Crippen LogP contribution < -0.4 is 10.5 Å². The lowest BCUT2D eigenvalue weighted by Crippen LogP contribution is -2.53. The number of carbonyl (C=O) groups is 3. The van der Waals surface area contributed by atoms with Crippen molar-refractivity contribution in [3.63, 3.8) is 0 Å². The number of fused-ring (bicyclic) bond motifs is 1. The molecule has 0 bridgehead atoms. The number of aliphatic carboxylic acids is 1. The summed E-state index contributed by atoms with van der Waals surface area (Å²) in [6.07, 6.45) is 1.86. The van der Waals surface area contributed by atoms with Crippen molar-refractivity contribution in [2.75, 3.05) is 33.2 Å². The molecular formula is C27H38N6O6S. The molecule has 2 aromatic carbocycles. The van der Waals surface area contributed by atoms with Crippen LogP contribution in [0.1, 0.15) is 39.0 Å². The summed E-state index contributed by atoms with van der Waals surface area (Å²) in [4.78, 5) is 42.7. The minimum Gasteiger partial charge on any atom is -0.480 e. The minimum absolute atomic E-state index is 0.0354. The van der Waals surface area contributed by atoms with Crippen LogP contribution in [0.4, 0.5) is 0 Å². The molecule has 0 saturated carbocycles. The number of sulfonamides is 1. The van der Waals surface area contributed by atoms with Gasteiger partial charge in [-0.05, 0) is 42.2 Å². The van der Waals surface area contributed by atoms with Crippen LogP contribution in [-0.2, 0) is 24.4 Å². The average Bonchev–Trinajstić information content (AvgIpc) is 2.93. The second-order valence-corrected chi connectivity index (χ2v) is 11.7. The van der Waals surface area contributed by atoms with E-state index in [4.69, 9.17) is 11.1 Å². The summed E-state index contributed by atoms with van der Waals surface area (Å²) in [5.41, 5.74) is 5.56. The Morgan fingerprint density at radius 3 is 2.40 bits per heavy atom. The van der Waals surface area contributed by atoms with Crippen molar-refractivity contribution < 1.29 is 27.9 Å². The molecule has 1 aliphatic heterocycles. The second kappa shape index (κ2) is 13.6. The number of nitrogens with zero attached hydrogens (tertiary/aromatic N) is 3. The Labute approximate surface area is 234 Å². The van der Waals surface area contributed by atoms with Crippen LogP contribution in [0.25, 0.3) is 10.8 Å². The van der Waals surface area contributed by atoms with E-state index in [0.29, 0.717) is 44.2 Å². The summed E-state index contributed by atoms with van der Waals surface area (Å²) in [7, 11) is -2.65. The van der Waals surface area contributed by atoms with Crippen molar-refractivity contribution >= 4 is 44.5 Å². The maximum Gasteiger partial charge on any atom is 0.323 e. The molecule has 2 amide bonds. The number of carbonyl (C=O) groups excluding carboxylic acids is 2. The van der Waals surface area contributed by atoms with Gasteiger partial charge in [0.1, 0.15) is 12.6 Å². The number of nitrogens with one attached hydrogen (secondary N) is 2. The van der Waals surface area contributed by atoms with Gasteiger partial charge in [-0.15, -0.1) is 0 Å². The van der Waals surface area contributed by atoms with E-state index in [1.165, 1.54) is 17.0 Å². The van der Waals surface area contributed by atoms with Gasteiger partial charge in [0.15, 0.2) is 5.96 Å². The van der Waals surface area contributed by atoms with E-state index in [9.17, 15) is 27.9 Å². The number of piperidine rings is 1. The number of hydrogen-bond acceptors (Lipinski definition) is 6. The van der Waals surface area contributed by atoms with Crippen molar-refractivity contribution in [3.8, 4) is 0 Å². The number of benzene rings is 2. The highest BCUT2D eigenvalue weighted by Gasteiger charge is 2.34. The predicted molar refractivity (Wildman–Crippen MR) is 151 cm³/mol. The Hall–Kier alpha value is -3.71. The largest absolute Gasteiger partial charge is 0.480 e. The molecule has 13 heteroatoms. The number of nitrogens with two attached hydrogens (primary N) is 1. The monoisotopic (exact) mass is 574 g/mol. The van der Waals surface area contributed by atoms with Gasteiger partial charge in [0.05, 0.1) is 11.3 Å². The summed E-state index contributed by atoms with van der Waals surface area (Å²) in [6, 6.07) is 10.1. The van der Waals surface area contributed by atoms with Crippen LogP contribution in [-0.4, -0.2) is 97.3 Å². The number of carboxylic acids is 1. The molecule has 2 aromatic rings. The van der Waals surface area contributed by atoms with Crippen LogP contribution in [0.5, 0.6) is 0 Å². The van der Waals surface area contributed by atoms with E-state index in [2.05, 4.69) is 4.72 Å². The molecule has 40 heavy (non-hydrogen) atoms. The lowest BCUT2D eigenvalue weighted by molar-refractivity contribution is -0.146. The van der Waals surface area contributed by atoms with Crippen molar-refractivity contribution in [1.29, 1.82) is 5.41 Å². The number of rotatable bonds is 12. The maximum absolute atomic E-state index is 13.6. The van der Waals surface area contributed by atoms with Crippen LogP contribution in [0, 0.1) is 5.41 Å². The van der Waals surface area contributed by atoms with Gasteiger partial charge in [-0.25, -0.2) is 8.42 Å². The molecular weight excluding hydrogens is 536 g/mol. The van der Waals surface area contributed by atoms with Gasteiger partial charge in [0.25, 0.3) is 0 Å². The van der Waals surface area contributed by atoms with E-state index in [1.807, 2.05) is 19.1 Å². The van der Waals surface area contributed by atoms with Crippen LogP contribution in [0.3, 0.4) is 0 Å². The molecule has 1 fully saturated rings. The fourth-order valence-corrected chi connectivity index (χ4v) is 6.01. The number of likely N-dealkylation sites (tertiary alicyclic amines) is 1. The highest BCUT2D eigenvalue weighted by molar-refractivity contribution is 7.89. The Morgan fingerprint density at radius 1 is 1.15 bits per heavy atom. The van der Waals surface area contributed by atoms with E-state index < -0.39 is 46.8 Å². The third kappa shape index (κ3) is 7.92. The van der Waals surface area contributed by atoms with Crippen LogP contribution >= 0.6 is 0 Å². The molecule has 0 radical (unpaired) electrons. The van der Waals surface area contributed by atoms with E-state index in [1.54, 1.807) is 30.1 Å². The third-order valence-electron chi connectivity index (χ3n) is 7.17. The van der Waals surface area contributed by atoms with Crippen molar-refractivity contribution in [3.05, 3.63) is 42.5 Å². The number of carboxylic acid groups (broad SMARTS) is 1. The zero-order valence-electron chi connectivity index (χ0n) is 22.9. The highest BCUT2D eigenvalue weighted by Crippen LogP contribution is 2.21. The topological polar surface area (TPSA) is 177 Å². The van der Waals surface area contributed by atoms with Gasteiger partial charge in [0.2, 0.25) is 21.8 Å². The van der Waals surface area contributed by atoms with E-state index >= 15 is 0 Å². The summed E-state index contributed by atoms with van der Waals surface area (Å²) in [5, 5.41) is 18.5. The molecule has 1 aliphatic rings. The Balaban J connectivity index is 1.86.